The Morgan fingerprint density at radius 3 is 2.67 bits per heavy atom. The number of nitrogens with zero attached hydrogens (tertiary/aromatic N) is 2. The molecule has 0 unspecified atom stereocenters. The van der Waals surface area contributed by atoms with E-state index in [9.17, 15) is 9.90 Å². The average Bonchev–Trinajstić information content (AvgIpc) is 3.09. The maximum Gasteiger partial charge on any atom is 0.294 e. The zero-order valence-corrected chi connectivity index (χ0v) is 15.5. The Kier molecular flexibility index (Phi) is 5.68. The molecule has 0 radical (unpaired) electrons. The molecule has 0 aliphatic carbocycles. The highest BCUT2D eigenvalue weighted by Crippen LogP contribution is 2.17. The Balaban J connectivity index is 1.60. The minimum Gasteiger partial charge on any atom is -0.504 e. The van der Waals surface area contributed by atoms with Crippen molar-refractivity contribution in [1.82, 2.24) is 20.6 Å². The maximum atomic E-state index is 12.3. The van der Waals surface area contributed by atoms with Crippen LogP contribution in [0.15, 0.2) is 60.8 Å². The highest BCUT2D eigenvalue weighted by molar-refractivity contribution is 7.80. The van der Waals surface area contributed by atoms with E-state index >= 15 is 0 Å². The molecule has 0 atom stereocenters. The molecule has 8 heteroatoms. The summed E-state index contributed by atoms with van der Waals surface area (Å²) in [5, 5.41) is 17.3. The molecule has 7 nitrogen and oxygen atoms in total. The van der Waals surface area contributed by atoms with Crippen molar-refractivity contribution in [1.29, 1.82) is 0 Å². The predicted molar refractivity (Wildman–Crippen MR) is 108 cm³/mol. The molecule has 27 heavy (non-hydrogen) atoms. The van der Waals surface area contributed by atoms with Crippen LogP contribution in [0.25, 0.3) is 5.69 Å². The van der Waals surface area contributed by atoms with Gasteiger partial charge in [-0.2, -0.15) is 5.10 Å². The van der Waals surface area contributed by atoms with Gasteiger partial charge in [0, 0.05) is 5.69 Å². The van der Waals surface area contributed by atoms with Crippen LogP contribution in [0.3, 0.4) is 0 Å². The second kappa shape index (κ2) is 8.33. The second-order valence-electron chi connectivity index (χ2n) is 5.73. The quantitative estimate of drug-likeness (QED) is 0.410. The van der Waals surface area contributed by atoms with E-state index in [1.54, 1.807) is 0 Å². The number of para-hydroxylation sites is 1. The molecule has 3 rings (SSSR count). The molecule has 0 fully saturated rings. The van der Waals surface area contributed by atoms with Gasteiger partial charge in [0.15, 0.2) is 16.6 Å². The molecule has 1 amide bonds. The molecule has 0 aliphatic rings. The van der Waals surface area contributed by atoms with E-state index < -0.39 is 5.91 Å². The molecule has 1 aromatic heterocycles. The number of nitrogens with one attached hydrogen (secondary N) is 3. The van der Waals surface area contributed by atoms with Crippen molar-refractivity contribution in [3.63, 3.8) is 0 Å². The fourth-order valence-electron chi connectivity index (χ4n) is 2.44. The minimum absolute atomic E-state index is 0.109. The lowest BCUT2D eigenvalue weighted by Gasteiger charge is -2.11. The smallest absolute Gasteiger partial charge is 0.294 e. The van der Waals surface area contributed by atoms with Crippen molar-refractivity contribution < 1.29 is 9.90 Å². The fourth-order valence-corrected chi connectivity index (χ4v) is 2.61. The number of anilines is 1. The van der Waals surface area contributed by atoms with Gasteiger partial charge in [0.1, 0.15) is 0 Å². The van der Waals surface area contributed by atoms with Gasteiger partial charge in [0.05, 0.1) is 11.9 Å². The average molecular weight is 381 g/mol. The monoisotopic (exact) mass is 381 g/mol. The Hall–Kier alpha value is -3.39. The number of aryl methyl sites for hydroxylation is 1. The van der Waals surface area contributed by atoms with Crippen LogP contribution in [0, 0.1) is 0 Å². The van der Waals surface area contributed by atoms with Gasteiger partial charge in [-0.25, -0.2) is 4.68 Å². The third-order valence-electron chi connectivity index (χ3n) is 3.81. The van der Waals surface area contributed by atoms with Crippen molar-refractivity contribution >= 4 is 28.9 Å². The summed E-state index contributed by atoms with van der Waals surface area (Å²) in [4.78, 5) is 12.3. The molecule has 0 saturated heterocycles. The normalized spacial score (nSPS) is 10.3. The van der Waals surface area contributed by atoms with Crippen molar-refractivity contribution in [2.45, 2.75) is 13.3 Å². The van der Waals surface area contributed by atoms with Crippen LogP contribution >= 0.6 is 12.2 Å². The number of rotatable bonds is 4. The van der Waals surface area contributed by atoms with Gasteiger partial charge in [-0.3, -0.25) is 15.6 Å². The highest BCUT2D eigenvalue weighted by atomic mass is 32.1. The fraction of sp³-hybridized carbons (Fsp3) is 0.105. The molecule has 0 spiro atoms. The number of hydrazine groups is 1. The maximum absolute atomic E-state index is 12.3. The van der Waals surface area contributed by atoms with Crippen LogP contribution in [-0.2, 0) is 6.42 Å². The predicted octanol–water partition coefficient (Wildman–Crippen LogP) is 2.77. The van der Waals surface area contributed by atoms with E-state index in [1.807, 2.05) is 54.6 Å². The summed E-state index contributed by atoms with van der Waals surface area (Å²) in [6.45, 7) is 2.07. The third-order valence-corrected chi connectivity index (χ3v) is 4.02. The van der Waals surface area contributed by atoms with E-state index in [0.29, 0.717) is 0 Å². The summed E-state index contributed by atoms with van der Waals surface area (Å²) in [5.41, 5.74) is 7.64. The molecular weight excluding hydrogens is 362 g/mol. The summed E-state index contributed by atoms with van der Waals surface area (Å²) < 4.78 is 1.43. The number of hydrogen-bond acceptors (Lipinski definition) is 4. The summed E-state index contributed by atoms with van der Waals surface area (Å²) in [7, 11) is 0. The molecule has 1 heterocycles. The Labute approximate surface area is 162 Å². The van der Waals surface area contributed by atoms with Gasteiger partial charge < -0.3 is 10.4 Å². The molecule has 4 N–H and O–H groups in total. The number of aromatic hydroxyl groups is 1. The first-order chi connectivity index (χ1) is 13.1. The van der Waals surface area contributed by atoms with E-state index in [-0.39, 0.29) is 16.6 Å². The molecule has 0 bridgehead atoms. The minimum atomic E-state index is -0.603. The van der Waals surface area contributed by atoms with Crippen LogP contribution in [0.1, 0.15) is 23.0 Å². The van der Waals surface area contributed by atoms with Crippen molar-refractivity contribution in [2.24, 2.45) is 0 Å². The van der Waals surface area contributed by atoms with Crippen LogP contribution in [0.5, 0.6) is 5.75 Å². The first-order valence-electron chi connectivity index (χ1n) is 8.37. The van der Waals surface area contributed by atoms with Crippen LogP contribution in [0.4, 0.5) is 5.69 Å². The van der Waals surface area contributed by atoms with Crippen molar-refractivity contribution in [3.8, 4) is 11.4 Å². The zero-order valence-electron chi connectivity index (χ0n) is 14.6. The number of hydrogen-bond donors (Lipinski definition) is 4. The van der Waals surface area contributed by atoms with Gasteiger partial charge in [0.25, 0.3) is 5.91 Å². The SMILES string of the molecule is CCc1cccc(NC(=S)NNC(=O)c2nn(-c3ccccc3)cc2O)c1. The first-order valence-corrected chi connectivity index (χ1v) is 8.78. The Bertz CT molecular complexity index is 956. The number of aromatic nitrogens is 2. The number of amides is 1. The Morgan fingerprint density at radius 1 is 1.15 bits per heavy atom. The van der Waals surface area contributed by atoms with Crippen LogP contribution in [-0.4, -0.2) is 25.9 Å². The lowest BCUT2D eigenvalue weighted by molar-refractivity contribution is 0.0936. The molecule has 2 aromatic carbocycles. The largest absolute Gasteiger partial charge is 0.504 e. The lowest BCUT2D eigenvalue weighted by atomic mass is 10.1. The number of thiocarbonyl (C=S) groups is 1. The number of carbonyl (C=O) groups is 1. The summed E-state index contributed by atoms with van der Waals surface area (Å²) in [6.07, 6.45) is 2.28. The van der Waals surface area contributed by atoms with Gasteiger partial charge in [0.2, 0.25) is 0 Å². The molecule has 0 aliphatic heterocycles. The summed E-state index contributed by atoms with van der Waals surface area (Å²) in [6, 6.07) is 17.0. The van der Waals surface area contributed by atoms with Gasteiger partial charge in [-0.15, -0.1) is 0 Å². The topological polar surface area (TPSA) is 91.2 Å². The van der Waals surface area contributed by atoms with Gasteiger partial charge in [-0.1, -0.05) is 37.3 Å². The summed E-state index contributed by atoms with van der Waals surface area (Å²) >= 11 is 5.17. The lowest BCUT2D eigenvalue weighted by Crippen LogP contribution is -2.44. The van der Waals surface area contributed by atoms with E-state index in [2.05, 4.69) is 28.2 Å². The van der Waals surface area contributed by atoms with Crippen molar-refractivity contribution in [2.75, 3.05) is 5.32 Å². The van der Waals surface area contributed by atoms with Gasteiger partial charge >= 0.3 is 0 Å². The first kappa shape index (κ1) is 18.4. The van der Waals surface area contributed by atoms with E-state index in [1.165, 1.54) is 16.4 Å². The zero-order chi connectivity index (χ0) is 19.2. The Morgan fingerprint density at radius 2 is 1.93 bits per heavy atom. The van der Waals surface area contributed by atoms with Gasteiger partial charge in [-0.05, 0) is 48.5 Å². The number of carbonyl (C=O) groups excluding carboxylic acids is 1. The highest BCUT2D eigenvalue weighted by Gasteiger charge is 2.17. The molecular formula is C19H19N5O2S. The van der Waals surface area contributed by atoms with E-state index in [0.717, 1.165) is 17.8 Å². The van der Waals surface area contributed by atoms with Crippen molar-refractivity contribution in [3.05, 3.63) is 72.1 Å². The second-order valence-corrected chi connectivity index (χ2v) is 6.14. The molecule has 0 saturated carbocycles. The third kappa shape index (κ3) is 4.62. The number of benzene rings is 2. The van der Waals surface area contributed by atoms with Crippen LogP contribution in [0.2, 0.25) is 0 Å². The summed E-state index contributed by atoms with van der Waals surface area (Å²) in [5.74, 6) is -0.832. The molecule has 3 aromatic rings. The molecule has 138 valence electrons. The van der Waals surface area contributed by atoms with Crippen LogP contribution < -0.4 is 16.2 Å². The van der Waals surface area contributed by atoms with E-state index in [4.69, 9.17) is 12.2 Å². The standard InChI is InChI=1S/C19H19N5O2S/c1-2-13-7-6-8-14(11-13)20-19(27)22-21-18(26)17-16(25)12-24(23-17)15-9-4-3-5-10-15/h3-12,25H,2H2,1H3,(H,21,26)(H2,20,22,27).